The Kier molecular flexibility index (Phi) is 6.42. The quantitative estimate of drug-likeness (QED) is 0.879. The Morgan fingerprint density at radius 2 is 2.11 bits per heavy atom. The molecule has 0 bridgehead atoms. The predicted octanol–water partition coefficient (Wildman–Crippen LogP) is 2.60. The van der Waals surface area contributed by atoms with Crippen LogP contribution in [0.5, 0.6) is 5.75 Å². The van der Waals surface area contributed by atoms with Crippen LogP contribution in [0.25, 0.3) is 0 Å². The van der Waals surface area contributed by atoms with E-state index in [1.807, 2.05) is 0 Å². The van der Waals surface area contributed by atoms with Crippen LogP contribution in [0, 0.1) is 0 Å². The Morgan fingerprint density at radius 3 is 2.68 bits per heavy atom. The molecule has 0 aliphatic rings. The maximum Gasteiger partial charge on any atom is 0.225 e. The zero-order chi connectivity index (χ0) is 14.4. The third kappa shape index (κ3) is 5.68. The molecule has 1 atom stereocenters. The van der Waals surface area contributed by atoms with E-state index >= 15 is 0 Å². The van der Waals surface area contributed by atoms with Gasteiger partial charge in [-0.3, -0.25) is 4.79 Å². The Balaban J connectivity index is 2.37. The van der Waals surface area contributed by atoms with Gasteiger partial charge in [0.1, 0.15) is 5.75 Å². The van der Waals surface area contributed by atoms with Gasteiger partial charge in [0.2, 0.25) is 5.91 Å². The molecule has 0 heterocycles. The van der Waals surface area contributed by atoms with Crippen molar-refractivity contribution < 1.29 is 14.6 Å². The Hall–Kier alpha value is -0.970. The number of benzene rings is 1. The Labute approximate surface area is 122 Å². The number of carbonyl (C=O) groups excluding carboxylic acids is 1. The van der Waals surface area contributed by atoms with Gasteiger partial charge in [-0.1, -0.05) is 23.2 Å². The molecule has 0 aliphatic heterocycles. The van der Waals surface area contributed by atoms with E-state index in [1.54, 1.807) is 32.2 Å². The fraction of sp³-hybridized carbons (Fsp3) is 0.462. The average Bonchev–Trinajstić information content (AvgIpc) is 2.32. The number of rotatable bonds is 6. The van der Waals surface area contributed by atoms with Gasteiger partial charge in [-0.15, -0.1) is 0 Å². The van der Waals surface area contributed by atoms with Crippen LogP contribution in [0.1, 0.15) is 13.3 Å². The minimum absolute atomic E-state index is 0.0824. The summed E-state index contributed by atoms with van der Waals surface area (Å²) in [6.45, 7) is 2.20. The van der Waals surface area contributed by atoms with Gasteiger partial charge in [-0.2, -0.15) is 0 Å². The van der Waals surface area contributed by atoms with Crippen molar-refractivity contribution in [3.8, 4) is 5.75 Å². The minimum Gasteiger partial charge on any atom is -0.493 e. The molecule has 6 heteroatoms. The van der Waals surface area contributed by atoms with Gasteiger partial charge in [0.15, 0.2) is 0 Å². The first-order valence-electron chi connectivity index (χ1n) is 5.90. The van der Waals surface area contributed by atoms with E-state index in [4.69, 9.17) is 27.9 Å². The molecule has 19 heavy (non-hydrogen) atoms. The number of nitrogens with zero attached hydrogens (tertiary/aromatic N) is 1. The Morgan fingerprint density at radius 1 is 1.42 bits per heavy atom. The van der Waals surface area contributed by atoms with Crippen molar-refractivity contribution in [3.63, 3.8) is 0 Å². The number of hydrogen-bond donors (Lipinski definition) is 1. The van der Waals surface area contributed by atoms with Crippen molar-refractivity contribution in [3.05, 3.63) is 28.2 Å². The summed E-state index contributed by atoms with van der Waals surface area (Å²) in [5.41, 5.74) is 0. The monoisotopic (exact) mass is 305 g/mol. The highest BCUT2D eigenvalue weighted by Gasteiger charge is 2.11. The van der Waals surface area contributed by atoms with Crippen LogP contribution in [0.2, 0.25) is 10.0 Å². The van der Waals surface area contributed by atoms with Gasteiger partial charge in [0.05, 0.1) is 29.2 Å². The predicted molar refractivity (Wildman–Crippen MR) is 75.9 cm³/mol. The molecule has 0 aliphatic carbocycles. The number of halogens is 2. The summed E-state index contributed by atoms with van der Waals surface area (Å²) < 4.78 is 5.41. The van der Waals surface area contributed by atoms with Crippen molar-refractivity contribution >= 4 is 29.1 Å². The fourth-order valence-electron chi connectivity index (χ4n) is 1.51. The van der Waals surface area contributed by atoms with E-state index in [2.05, 4.69) is 0 Å². The zero-order valence-corrected chi connectivity index (χ0v) is 12.4. The molecule has 1 aromatic rings. The van der Waals surface area contributed by atoms with Gasteiger partial charge in [-0.25, -0.2) is 0 Å². The summed E-state index contributed by atoms with van der Waals surface area (Å²) in [7, 11) is 1.65. The first-order valence-corrected chi connectivity index (χ1v) is 6.65. The first-order chi connectivity index (χ1) is 8.90. The number of aliphatic hydroxyl groups excluding tert-OH is 1. The van der Waals surface area contributed by atoms with Crippen LogP contribution in [-0.2, 0) is 4.79 Å². The largest absolute Gasteiger partial charge is 0.493 e. The average molecular weight is 306 g/mol. The standard InChI is InChI=1S/C13H17Cl2NO3/c1-9(17)8-16(2)13(18)5-6-19-10-3-4-11(14)12(15)7-10/h3-4,7,9,17H,5-6,8H2,1-2H3. The Bertz CT molecular complexity index is 438. The van der Waals surface area contributed by atoms with Crippen LogP contribution >= 0.6 is 23.2 Å². The van der Waals surface area contributed by atoms with Gasteiger partial charge >= 0.3 is 0 Å². The summed E-state index contributed by atoms with van der Waals surface area (Å²) in [5, 5.41) is 10.1. The third-order valence-corrected chi connectivity index (χ3v) is 3.18. The third-order valence-electron chi connectivity index (χ3n) is 2.44. The molecule has 1 rings (SSSR count). The second kappa shape index (κ2) is 7.58. The van der Waals surface area contributed by atoms with E-state index in [0.29, 0.717) is 22.3 Å². The summed E-state index contributed by atoms with van der Waals surface area (Å²) in [5.74, 6) is 0.487. The highest BCUT2D eigenvalue weighted by molar-refractivity contribution is 6.42. The maximum atomic E-state index is 11.7. The van der Waals surface area contributed by atoms with Crippen molar-refractivity contribution in [1.29, 1.82) is 0 Å². The second-order valence-electron chi connectivity index (χ2n) is 4.30. The molecule has 0 radical (unpaired) electrons. The summed E-state index contributed by atoms with van der Waals surface area (Å²) in [6, 6.07) is 4.94. The summed E-state index contributed by atoms with van der Waals surface area (Å²) >= 11 is 11.6. The highest BCUT2D eigenvalue weighted by atomic mass is 35.5. The topological polar surface area (TPSA) is 49.8 Å². The number of ether oxygens (including phenoxy) is 1. The van der Waals surface area contributed by atoms with E-state index in [0.717, 1.165) is 0 Å². The number of hydrogen-bond acceptors (Lipinski definition) is 3. The molecular weight excluding hydrogens is 289 g/mol. The van der Waals surface area contributed by atoms with E-state index in [1.165, 1.54) is 4.90 Å². The number of likely N-dealkylation sites (N-methyl/N-ethyl adjacent to an activating group) is 1. The number of amides is 1. The highest BCUT2D eigenvalue weighted by Crippen LogP contribution is 2.26. The first kappa shape index (κ1) is 16.1. The normalized spacial score (nSPS) is 12.1. The lowest BCUT2D eigenvalue weighted by atomic mass is 10.3. The molecule has 106 valence electrons. The van der Waals surface area contributed by atoms with Crippen molar-refractivity contribution in [2.75, 3.05) is 20.2 Å². The van der Waals surface area contributed by atoms with Gasteiger partial charge in [0.25, 0.3) is 0 Å². The van der Waals surface area contributed by atoms with Gasteiger partial charge in [0, 0.05) is 19.7 Å². The van der Waals surface area contributed by atoms with Crippen LogP contribution in [-0.4, -0.2) is 42.2 Å². The van der Waals surface area contributed by atoms with Crippen LogP contribution in [0.4, 0.5) is 0 Å². The number of carbonyl (C=O) groups is 1. The lowest BCUT2D eigenvalue weighted by Crippen LogP contribution is -2.33. The molecule has 0 spiro atoms. The second-order valence-corrected chi connectivity index (χ2v) is 5.11. The molecule has 1 unspecified atom stereocenters. The molecular formula is C13H17Cl2NO3. The molecule has 4 nitrogen and oxygen atoms in total. The molecule has 0 saturated carbocycles. The summed E-state index contributed by atoms with van der Waals surface area (Å²) in [4.78, 5) is 13.2. The minimum atomic E-state index is -0.537. The maximum absolute atomic E-state index is 11.7. The SMILES string of the molecule is CC(O)CN(C)C(=O)CCOc1ccc(Cl)c(Cl)c1. The summed E-state index contributed by atoms with van der Waals surface area (Å²) in [6.07, 6.45) is -0.298. The van der Waals surface area contributed by atoms with E-state index in [-0.39, 0.29) is 18.9 Å². The molecule has 0 aromatic heterocycles. The zero-order valence-electron chi connectivity index (χ0n) is 10.9. The van der Waals surface area contributed by atoms with E-state index in [9.17, 15) is 9.90 Å². The lowest BCUT2D eigenvalue weighted by Gasteiger charge is -2.18. The molecule has 0 fully saturated rings. The fourth-order valence-corrected chi connectivity index (χ4v) is 1.80. The molecule has 1 aromatic carbocycles. The molecule has 0 saturated heterocycles. The smallest absolute Gasteiger partial charge is 0.225 e. The lowest BCUT2D eigenvalue weighted by molar-refractivity contribution is -0.131. The van der Waals surface area contributed by atoms with Gasteiger partial charge in [-0.05, 0) is 19.1 Å². The van der Waals surface area contributed by atoms with E-state index < -0.39 is 6.10 Å². The van der Waals surface area contributed by atoms with Crippen LogP contribution in [0.15, 0.2) is 18.2 Å². The van der Waals surface area contributed by atoms with Crippen LogP contribution in [0.3, 0.4) is 0 Å². The number of aliphatic hydroxyl groups is 1. The van der Waals surface area contributed by atoms with Crippen LogP contribution < -0.4 is 4.74 Å². The van der Waals surface area contributed by atoms with Crippen molar-refractivity contribution in [2.45, 2.75) is 19.4 Å². The van der Waals surface area contributed by atoms with Crippen molar-refractivity contribution in [1.82, 2.24) is 4.90 Å². The molecule has 1 amide bonds. The van der Waals surface area contributed by atoms with Gasteiger partial charge < -0.3 is 14.7 Å². The van der Waals surface area contributed by atoms with Crippen molar-refractivity contribution in [2.24, 2.45) is 0 Å². The molecule has 1 N–H and O–H groups in total.